The van der Waals surface area contributed by atoms with Crippen molar-refractivity contribution in [3.8, 4) is 0 Å². The van der Waals surface area contributed by atoms with E-state index in [1.165, 1.54) is 29.5 Å². The number of hydrogen-bond acceptors (Lipinski definition) is 1. The monoisotopic (exact) mass is 324 g/mol. The average molecular weight is 324 g/mol. The molecule has 0 saturated heterocycles. The van der Waals surface area contributed by atoms with Crippen LogP contribution in [0.1, 0.15) is 55.3 Å². The largest absolute Gasteiger partial charge is 0.356 e. The van der Waals surface area contributed by atoms with Crippen molar-refractivity contribution in [1.82, 2.24) is 5.32 Å². The molecular weight excluding hydrogens is 300 g/mol. The summed E-state index contributed by atoms with van der Waals surface area (Å²) in [6.45, 7) is 4.41. The van der Waals surface area contributed by atoms with Gasteiger partial charge in [0.1, 0.15) is 0 Å². The second-order valence-electron chi connectivity index (χ2n) is 6.52. The van der Waals surface area contributed by atoms with Crippen molar-refractivity contribution in [2.75, 3.05) is 5.32 Å². The lowest BCUT2D eigenvalue weighted by Gasteiger charge is -2.27. The maximum atomic E-state index is 5.51. The van der Waals surface area contributed by atoms with Crippen molar-refractivity contribution in [3.63, 3.8) is 0 Å². The Balaban J connectivity index is 1.64. The molecule has 1 aliphatic rings. The molecule has 0 unspecified atom stereocenters. The highest BCUT2D eigenvalue weighted by atomic mass is 32.1. The van der Waals surface area contributed by atoms with Crippen molar-refractivity contribution in [1.29, 1.82) is 0 Å². The second-order valence-corrected chi connectivity index (χ2v) is 6.93. The van der Waals surface area contributed by atoms with Crippen molar-refractivity contribution in [3.05, 3.63) is 65.2 Å². The third-order valence-electron chi connectivity index (χ3n) is 4.51. The molecular formula is C20H24N2S. The summed E-state index contributed by atoms with van der Waals surface area (Å²) in [7, 11) is 0. The number of hydrogen-bond donors (Lipinski definition) is 2. The van der Waals surface area contributed by atoms with Crippen LogP contribution in [-0.4, -0.2) is 5.11 Å². The lowest BCUT2D eigenvalue weighted by Crippen LogP contribution is -2.34. The van der Waals surface area contributed by atoms with Gasteiger partial charge in [-0.05, 0) is 66.2 Å². The van der Waals surface area contributed by atoms with Crippen LogP contribution in [0.3, 0.4) is 0 Å². The molecule has 0 bridgehead atoms. The van der Waals surface area contributed by atoms with Gasteiger partial charge in [0.05, 0.1) is 6.04 Å². The Labute approximate surface area is 144 Å². The van der Waals surface area contributed by atoms with Gasteiger partial charge in [-0.2, -0.15) is 0 Å². The molecule has 1 aliphatic carbocycles. The maximum absolute atomic E-state index is 5.51. The summed E-state index contributed by atoms with van der Waals surface area (Å²) in [5.74, 6) is 0.549. The Hall–Kier alpha value is -1.87. The van der Waals surface area contributed by atoms with E-state index in [4.69, 9.17) is 12.2 Å². The van der Waals surface area contributed by atoms with E-state index >= 15 is 0 Å². The molecule has 0 aliphatic heterocycles. The van der Waals surface area contributed by atoms with E-state index in [1.54, 1.807) is 0 Å². The molecule has 120 valence electrons. The lowest BCUT2D eigenvalue weighted by molar-refractivity contribution is 0.529. The van der Waals surface area contributed by atoms with Crippen molar-refractivity contribution in [2.45, 2.75) is 45.1 Å². The van der Waals surface area contributed by atoms with Crippen LogP contribution in [0, 0.1) is 0 Å². The van der Waals surface area contributed by atoms with Crippen LogP contribution in [0.2, 0.25) is 0 Å². The highest BCUT2D eigenvalue weighted by Crippen LogP contribution is 2.29. The van der Waals surface area contributed by atoms with Gasteiger partial charge in [-0.25, -0.2) is 0 Å². The molecule has 0 radical (unpaired) electrons. The van der Waals surface area contributed by atoms with Gasteiger partial charge < -0.3 is 10.6 Å². The standard InChI is InChI=1S/C20H24N2S/c1-14(2)15-10-12-17(13-11-15)21-20(23)22-19-9-5-7-16-6-3-4-8-18(16)19/h3-4,6,8,10-14,19H,5,7,9H2,1-2H3,(H2,21,22,23)/t19-/m1/s1. The molecule has 0 spiro atoms. The fourth-order valence-electron chi connectivity index (χ4n) is 3.18. The van der Waals surface area contributed by atoms with Crippen LogP contribution in [0.5, 0.6) is 0 Å². The fourth-order valence-corrected chi connectivity index (χ4v) is 3.44. The SMILES string of the molecule is CC(C)c1ccc(NC(=S)N[C@@H]2CCCc3ccccc32)cc1. The second kappa shape index (κ2) is 7.14. The molecule has 23 heavy (non-hydrogen) atoms. The predicted octanol–water partition coefficient (Wildman–Crippen LogP) is 5.17. The van der Waals surface area contributed by atoms with Gasteiger partial charge in [-0.15, -0.1) is 0 Å². The summed E-state index contributed by atoms with van der Waals surface area (Å²) in [5.41, 5.74) is 5.21. The minimum Gasteiger partial charge on any atom is -0.356 e. The third kappa shape index (κ3) is 3.91. The summed E-state index contributed by atoms with van der Waals surface area (Å²) in [6.07, 6.45) is 3.51. The fraction of sp³-hybridized carbons (Fsp3) is 0.350. The predicted molar refractivity (Wildman–Crippen MR) is 102 cm³/mol. The van der Waals surface area contributed by atoms with E-state index in [9.17, 15) is 0 Å². The molecule has 2 nitrogen and oxygen atoms in total. The highest BCUT2D eigenvalue weighted by molar-refractivity contribution is 7.80. The average Bonchev–Trinajstić information content (AvgIpc) is 2.55. The first-order valence-electron chi connectivity index (χ1n) is 8.39. The Kier molecular flexibility index (Phi) is 4.97. The molecule has 2 N–H and O–H groups in total. The van der Waals surface area contributed by atoms with Gasteiger partial charge in [-0.1, -0.05) is 50.2 Å². The zero-order valence-electron chi connectivity index (χ0n) is 13.8. The Morgan fingerprint density at radius 1 is 1.09 bits per heavy atom. The van der Waals surface area contributed by atoms with Crippen LogP contribution in [0.15, 0.2) is 48.5 Å². The first kappa shape index (κ1) is 16.0. The highest BCUT2D eigenvalue weighted by Gasteiger charge is 2.20. The van der Waals surface area contributed by atoms with Gasteiger partial charge in [0.15, 0.2) is 5.11 Å². The molecule has 2 aromatic carbocycles. The van der Waals surface area contributed by atoms with E-state index in [0.29, 0.717) is 17.1 Å². The Morgan fingerprint density at radius 2 is 1.83 bits per heavy atom. The number of aryl methyl sites for hydroxylation is 1. The van der Waals surface area contributed by atoms with E-state index in [0.717, 1.165) is 12.1 Å². The van der Waals surface area contributed by atoms with Crippen molar-refractivity contribution < 1.29 is 0 Å². The molecule has 1 atom stereocenters. The summed E-state index contributed by atoms with van der Waals surface area (Å²) in [6, 6.07) is 17.5. The summed E-state index contributed by atoms with van der Waals surface area (Å²) in [5, 5.41) is 7.49. The number of anilines is 1. The quantitative estimate of drug-likeness (QED) is 0.761. The Bertz CT molecular complexity index is 676. The lowest BCUT2D eigenvalue weighted by atomic mass is 9.88. The van der Waals surface area contributed by atoms with Crippen LogP contribution in [0.25, 0.3) is 0 Å². The summed E-state index contributed by atoms with van der Waals surface area (Å²) >= 11 is 5.51. The molecule has 0 aromatic heterocycles. The summed E-state index contributed by atoms with van der Waals surface area (Å²) < 4.78 is 0. The first-order valence-corrected chi connectivity index (χ1v) is 8.79. The molecule has 3 heteroatoms. The third-order valence-corrected chi connectivity index (χ3v) is 4.73. The number of fused-ring (bicyclic) bond motifs is 1. The van der Waals surface area contributed by atoms with Gasteiger partial charge in [-0.3, -0.25) is 0 Å². The van der Waals surface area contributed by atoms with Crippen molar-refractivity contribution in [2.24, 2.45) is 0 Å². The first-order chi connectivity index (χ1) is 11.1. The van der Waals surface area contributed by atoms with Crippen LogP contribution < -0.4 is 10.6 Å². The number of thiocarbonyl (C=S) groups is 1. The maximum Gasteiger partial charge on any atom is 0.171 e. The minimum absolute atomic E-state index is 0.315. The topological polar surface area (TPSA) is 24.1 Å². The Morgan fingerprint density at radius 3 is 2.57 bits per heavy atom. The van der Waals surface area contributed by atoms with E-state index in [1.807, 2.05) is 0 Å². The van der Waals surface area contributed by atoms with Gasteiger partial charge >= 0.3 is 0 Å². The minimum atomic E-state index is 0.315. The number of nitrogens with one attached hydrogen (secondary N) is 2. The van der Waals surface area contributed by atoms with E-state index < -0.39 is 0 Å². The molecule has 0 saturated carbocycles. The van der Waals surface area contributed by atoms with E-state index in [-0.39, 0.29) is 0 Å². The van der Waals surface area contributed by atoms with Crippen LogP contribution in [-0.2, 0) is 6.42 Å². The zero-order chi connectivity index (χ0) is 16.2. The van der Waals surface area contributed by atoms with E-state index in [2.05, 4.69) is 73.0 Å². The zero-order valence-corrected chi connectivity index (χ0v) is 14.6. The summed E-state index contributed by atoms with van der Waals surface area (Å²) in [4.78, 5) is 0. The smallest absolute Gasteiger partial charge is 0.171 e. The number of rotatable bonds is 3. The van der Waals surface area contributed by atoms with Crippen molar-refractivity contribution >= 4 is 23.0 Å². The molecule has 3 rings (SSSR count). The molecule has 0 amide bonds. The van der Waals surface area contributed by atoms with Gasteiger partial charge in [0.25, 0.3) is 0 Å². The van der Waals surface area contributed by atoms with Crippen LogP contribution in [0.4, 0.5) is 5.69 Å². The molecule has 0 fully saturated rings. The number of benzene rings is 2. The molecule has 2 aromatic rings. The van der Waals surface area contributed by atoms with Crippen LogP contribution >= 0.6 is 12.2 Å². The normalized spacial score (nSPS) is 16.7. The van der Waals surface area contributed by atoms with Gasteiger partial charge in [0, 0.05) is 5.69 Å². The van der Waals surface area contributed by atoms with Gasteiger partial charge in [0.2, 0.25) is 0 Å². The molecule has 0 heterocycles.